The molecule has 0 bridgehead atoms. The van der Waals surface area contributed by atoms with Gasteiger partial charge in [-0.25, -0.2) is 0 Å². The van der Waals surface area contributed by atoms with Crippen LogP contribution in [0.15, 0.2) is 131 Å². The largest absolute Gasteiger partial charge is 0.508 e. The number of aromatic hydroxyl groups is 4. The molecule has 6 aromatic carbocycles. The van der Waals surface area contributed by atoms with E-state index >= 15 is 0 Å². The standard InChI is InChI=1S/C27H22O2.C14H14O2S.2C2H6/c1-17-3-13-23-24-14-4-18(2)16-26(24)27(25(23)15-17,19-5-9-21(28)10-6-19)20-7-11-22(29)12-8-20;1-9-7-11(3-5-13(9)15)17-12-4-6-14(16)10(2)8-12;2*1-2/h3-16,28-29H,1-2H3;3-8,15-16H,1-2H3;2*1-2H3. The lowest BCUT2D eigenvalue weighted by atomic mass is 9.67. The van der Waals surface area contributed by atoms with E-state index in [-0.39, 0.29) is 11.5 Å². The van der Waals surface area contributed by atoms with Gasteiger partial charge in [0.2, 0.25) is 0 Å². The first kappa shape index (κ1) is 37.7. The zero-order valence-electron chi connectivity index (χ0n) is 30.2. The molecule has 0 amide bonds. The Labute approximate surface area is 301 Å². The first-order valence-corrected chi connectivity index (χ1v) is 18.0. The first-order chi connectivity index (χ1) is 24.1. The normalized spacial score (nSPS) is 11.8. The zero-order chi connectivity index (χ0) is 36.6. The van der Waals surface area contributed by atoms with Gasteiger partial charge >= 0.3 is 0 Å². The van der Waals surface area contributed by atoms with Crippen LogP contribution in [0.5, 0.6) is 23.0 Å². The number of hydrogen-bond donors (Lipinski definition) is 4. The lowest BCUT2D eigenvalue weighted by Gasteiger charge is -2.34. The van der Waals surface area contributed by atoms with Crippen molar-refractivity contribution < 1.29 is 20.4 Å². The molecule has 4 nitrogen and oxygen atoms in total. The highest BCUT2D eigenvalue weighted by molar-refractivity contribution is 7.99. The minimum atomic E-state index is -0.510. The Morgan fingerprint density at radius 1 is 0.420 bits per heavy atom. The molecule has 0 saturated heterocycles. The highest BCUT2D eigenvalue weighted by atomic mass is 32.2. The zero-order valence-corrected chi connectivity index (χ0v) is 31.1. The molecule has 0 aliphatic heterocycles. The van der Waals surface area contributed by atoms with Gasteiger partial charge in [-0.1, -0.05) is 111 Å². The van der Waals surface area contributed by atoms with Crippen LogP contribution in [0.2, 0.25) is 0 Å². The fourth-order valence-corrected chi connectivity index (χ4v) is 7.30. The van der Waals surface area contributed by atoms with Crippen molar-refractivity contribution in [2.45, 2.75) is 70.6 Å². The fourth-order valence-electron chi connectivity index (χ4n) is 6.28. The lowest BCUT2D eigenvalue weighted by molar-refractivity contribution is 0.470. The van der Waals surface area contributed by atoms with E-state index in [1.54, 1.807) is 48.2 Å². The van der Waals surface area contributed by atoms with Crippen LogP contribution < -0.4 is 0 Å². The number of hydrogen-bond acceptors (Lipinski definition) is 5. The topological polar surface area (TPSA) is 80.9 Å². The van der Waals surface area contributed by atoms with Crippen molar-refractivity contribution in [2.24, 2.45) is 0 Å². The lowest BCUT2D eigenvalue weighted by Crippen LogP contribution is -2.28. The Kier molecular flexibility index (Phi) is 12.4. The van der Waals surface area contributed by atoms with E-state index in [9.17, 15) is 20.4 Å². The van der Waals surface area contributed by atoms with E-state index in [1.165, 1.54) is 33.4 Å². The maximum Gasteiger partial charge on any atom is 0.118 e. The molecule has 1 aliphatic carbocycles. The number of rotatable bonds is 4. The number of phenols is 4. The van der Waals surface area contributed by atoms with Crippen LogP contribution in [0.4, 0.5) is 0 Å². The Hall–Kier alpha value is -5.13. The molecule has 0 saturated carbocycles. The van der Waals surface area contributed by atoms with Gasteiger partial charge in [0.05, 0.1) is 5.41 Å². The van der Waals surface area contributed by atoms with Crippen LogP contribution >= 0.6 is 11.8 Å². The summed E-state index contributed by atoms with van der Waals surface area (Å²) in [6.45, 7) is 16.0. The summed E-state index contributed by atoms with van der Waals surface area (Å²) in [5, 5.41) is 38.8. The third-order valence-corrected chi connectivity index (χ3v) is 9.60. The van der Waals surface area contributed by atoms with Gasteiger partial charge in [-0.05, 0) is 133 Å². The molecule has 0 heterocycles. The van der Waals surface area contributed by atoms with Crippen molar-refractivity contribution in [1.29, 1.82) is 0 Å². The summed E-state index contributed by atoms with van der Waals surface area (Å²) in [6, 6.07) is 39.4. The van der Waals surface area contributed by atoms with Gasteiger partial charge in [0.25, 0.3) is 0 Å². The van der Waals surface area contributed by atoms with E-state index in [4.69, 9.17) is 0 Å². The van der Waals surface area contributed by atoms with Gasteiger partial charge in [0.15, 0.2) is 0 Å². The second-order valence-electron chi connectivity index (χ2n) is 11.9. The molecule has 0 radical (unpaired) electrons. The number of aryl methyl sites for hydroxylation is 4. The van der Waals surface area contributed by atoms with Crippen LogP contribution in [0.1, 0.15) is 72.2 Å². The molecule has 5 heteroatoms. The summed E-state index contributed by atoms with van der Waals surface area (Å²) in [4.78, 5) is 2.15. The van der Waals surface area contributed by atoms with Crippen LogP contribution in [-0.4, -0.2) is 20.4 Å². The molecular formula is C45H48O4S. The second kappa shape index (κ2) is 16.5. The van der Waals surface area contributed by atoms with Crippen molar-refractivity contribution in [3.8, 4) is 34.1 Å². The van der Waals surface area contributed by atoms with E-state index < -0.39 is 5.41 Å². The molecule has 258 valence electrons. The van der Waals surface area contributed by atoms with Gasteiger partial charge in [0, 0.05) is 9.79 Å². The van der Waals surface area contributed by atoms with E-state index in [0.717, 1.165) is 32.0 Å². The van der Waals surface area contributed by atoms with Crippen molar-refractivity contribution in [1.82, 2.24) is 0 Å². The summed E-state index contributed by atoms with van der Waals surface area (Å²) < 4.78 is 0. The SMILES string of the molecule is CC.CC.Cc1cc(Sc2ccc(O)c(C)c2)ccc1O.Cc1ccc2c(c1)C(c1ccc(O)cc1)(c1ccc(O)cc1)c1cc(C)ccc1-2. The number of fused-ring (bicyclic) bond motifs is 3. The first-order valence-electron chi connectivity index (χ1n) is 17.1. The second-order valence-corrected chi connectivity index (χ2v) is 13.1. The van der Waals surface area contributed by atoms with Crippen molar-refractivity contribution in [3.63, 3.8) is 0 Å². The Balaban J connectivity index is 0.000000229. The van der Waals surface area contributed by atoms with Gasteiger partial charge in [-0.15, -0.1) is 0 Å². The molecule has 6 aromatic rings. The summed E-state index contributed by atoms with van der Waals surface area (Å²) in [5.41, 5.74) is 10.7. The predicted molar refractivity (Wildman–Crippen MR) is 209 cm³/mol. The molecule has 0 spiro atoms. The molecule has 0 unspecified atom stereocenters. The maximum atomic E-state index is 9.94. The molecule has 4 N–H and O–H groups in total. The highest BCUT2D eigenvalue weighted by Gasteiger charge is 2.46. The van der Waals surface area contributed by atoms with Crippen LogP contribution in [0.3, 0.4) is 0 Å². The molecule has 1 aliphatic rings. The van der Waals surface area contributed by atoms with Crippen LogP contribution in [0, 0.1) is 27.7 Å². The van der Waals surface area contributed by atoms with Gasteiger partial charge < -0.3 is 20.4 Å². The molecule has 50 heavy (non-hydrogen) atoms. The Morgan fingerprint density at radius 3 is 1.12 bits per heavy atom. The summed E-state index contributed by atoms with van der Waals surface area (Å²) in [6.07, 6.45) is 0. The smallest absolute Gasteiger partial charge is 0.118 e. The van der Waals surface area contributed by atoms with E-state index in [1.807, 2.05) is 90.1 Å². The summed E-state index contributed by atoms with van der Waals surface area (Å²) >= 11 is 1.61. The monoisotopic (exact) mass is 684 g/mol. The third kappa shape index (κ3) is 7.69. The fraction of sp³-hybridized carbons (Fsp3) is 0.200. The average Bonchev–Trinajstić information content (AvgIpc) is 3.40. The van der Waals surface area contributed by atoms with Crippen molar-refractivity contribution >= 4 is 11.8 Å². The highest BCUT2D eigenvalue weighted by Crippen LogP contribution is 2.56. The maximum absolute atomic E-state index is 9.94. The minimum absolute atomic E-state index is 0.251. The van der Waals surface area contributed by atoms with Crippen molar-refractivity contribution in [2.75, 3.05) is 0 Å². The van der Waals surface area contributed by atoms with E-state index in [2.05, 4.69) is 50.2 Å². The minimum Gasteiger partial charge on any atom is -0.508 e. The third-order valence-electron chi connectivity index (χ3n) is 8.62. The summed E-state index contributed by atoms with van der Waals surface area (Å²) in [5.74, 6) is 1.13. The quantitative estimate of drug-likeness (QED) is 0.148. The van der Waals surface area contributed by atoms with Gasteiger partial charge in [0.1, 0.15) is 23.0 Å². The predicted octanol–water partition coefficient (Wildman–Crippen LogP) is 12.0. The van der Waals surface area contributed by atoms with Crippen LogP contribution in [0.25, 0.3) is 11.1 Å². The molecule has 0 atom stereocenters. The molecule has 0 aromatic heterocycles. The molecule has 7 rings (SSSR count). The van der Waals surface area contributed by atoms with Crippen molar-refractivity contribution in [3.05, 3.63) is 166 Å². The Bertz CT molecular complexity index is 1900. The van der Waals surface area contributed by atoms with Gasteiger partial charge in [-0.2, -0.15) is 0 Å². The molecular weight excluding hydrogens is 637 g/mol. The summed E-state index contributed by atoms with van der Waals surface area (Å²) in [7, 11) is 0. The molecule has 0 fully saturated rings. The number of phenolic OH excluding ortho intramolecular Hbond substituents is 4. The van der Waals surface area contributed by atoms with E-state index in [0.29, 0.717) is 11.5 Å². The van der Waals surface area contributed by atoms with Gasteiger partial charge in [-0.3, -0.25) is 0 Å². The number of benzene rings is 6. The average molecular weight is 685 g/mol. The Morgan fingerprint density at radius 2 is 0.780 bits per heavy atom. The van der Waals surface area contributed by atoms with Crippen LogP contribution in [-0.2, 0) is 5.41 Å².